The van der Waals surface area contributed by atoms with Crippen LogP contribution in [0.25, 0.3) is 0 Å². The van der Waals surface area contributed by atoms with E-state index in [1.165, 1.54) is 35.8 Å². The molecule has 16 heteroatoms. The molecular formula is C36H55N7O9. The quantitative estimate of drug-likeness (QED) is 0.0979. The summed E-state index contributed by atoms with van der Waals surface area (Å²) in [5.41, 5.74) is 11.9. The van der Waals surface area contributed by atoms with Gasteiger partial charge in [-0.3, -0.25) is 33.6 Å². The maximum atomic E-state index is 13.8. The third kappa shape index (κ3) is 10.7. The van der Waals surface area contributed by atoms with E-state index < -0.39 is 89.5 Å². The first-order valence-electron chi connectivity index (χ1n) is 17.9. The van der Waals surface area contributed by atoms with E-state index in [1.807, 2.05) is 13.8 Å². The van der Waals surface area contributed by atoms with Crippen molar-refractivity contribution in [2.24, 2.45) is 29.2 Å². The monoisotopic (exact) mass is 729 g/mol. The van der Waals surface area contributed by atoms with Crippen LogP contribution in [0.5, 0.6) is 5.75 Å². The zero-order valence-electron chi connectivity index (χ0n) is 30.8. The Morgan fingerprint density at radius 3 is 1.94 bits per heavy atom. The summed E-state index contributed by atoms with van der Waals surface area (Å²) in [7, 11) is 0. The van der Waals surface area contributed by atoms with Crippen molar-refractivity contribution in [2.45, 2.75) is 116 Å². The van der Waals surface area contributed by atoms with Crippen molar-refractivity contribution in [2.75, 3.05) is 13.1 Å². The number of likely N-dealkylation sites (tertiary alicyclic amines) is 2. The van der Waals surface area contributed by atoms with Crippen LogP contribution in [-0.2, 0) is 40.0 Å². The Kier molecular flexibility index (Phi) is 14.7. The second-order valence-electron chi connectivity index (χ2n) is 14.7. The number of nitrogens with one attached hydrogen (secondary N) is 3. The molecule has 8 atom stereocenters. The molecular weight excluding hydrogens is 674 g/mol. The second-order valence-corrected chi connectivity index (χ2v) is 14.7. The van der Waals surface area contributed by atoms with Gasteiger partial charge >= 0.3 is 0 Å². The molecule has 2 saturated heterocycles. The summed E-state index contributed by atoms with van der Waals surface area (Å²) in [5.74, 6) is -5.32. The molecule has 0 unspecified atom stereocenters. The average molecular weight is 730 g/mol. The topological polar surface area (TPSA) is 255 Å². The van der Waals surface area contributed by atoms with Gasteiger partial charge in [0, 0.05) is 31.8 Å². The molecule has 2 heterocycles. The largest absolute Gasteiger partial charge is 0.508 e. The number of benzene rings is 1. The van der Waals surface area contributed by atoms with Crippen LogP contribution in [0.3, 0.4) is 0 Å². The Balaban J connectivity index is 1.73. The molecule has 2 aliphatic rings. The van der Waals surface area contributed by atoms with Gasteiger partial charge in [0.15, 0.2) is 5.78 Å². The second kappa shape index (κ2) is 18.3. The van der Waals surface area contributed by atoms with Crippen molar-refractivity contribution in [3.63, 3.8) is 0 Å². The molecule has 0 saturated carbocycles. The number of carbonyl (C=O) groups is 7. The Labute approximate surface area is 304 Å². The summed E-state index contributed by atoms with van der Waals surface area (Å²) in [6.45, 7) is 10.4. The lowest BCUT2D eigenvalue weighted by atomic mass is 9.87. The molecule has 16 nitrogen and oxygen atoms in total. The fraction of sp³-hybridized carbons (Fsp3) is 0.639. The summed E-state index contributed by atoms with van der Waals surface area (Å²) in [6, 6.07) is 0.0535. The zero-order valence-corrected chi connectivity index (χ0v) is 30.8. The van der Waals surface area contributed by atoms with Crippen LogP contribution in [0.1, 0.15) is 72.8 Å². The number of hydrogen-bond acceptors (Lipinski definition) is 10. The van der Waals surface area contributed by atoms with Gasteiger partial charge in [-0.2, -0.15) is 0 Å². The van der Waals surface area contributed by atoms with Crippen LogP contribution in [-0.4, -0.2) is 117 Å². The fourth-order valence-electron chi connectivity index (χ4n) is 6.56. The van der Waals surface area contributed by atoms with E-state index in [-0.39, 0.29) is 49.9 Å². The summed E-state index contributed by atoms with van der Waals surface area (Å²) < 4.78 is 0. The number of phenolic OH excluding ortho intramolecular Hbond substituents is 1. The SMILES string of the molecule is CC(C)C[C@H](C(=O)N[C@H](C)C(N)=O)N1CC[C@@H](NC(=O)[C@H](CC(=O)[C@H](NC(=O)[C@@H](Cc2ccc(O)cc2)N2CC[C@@H](N)C2=O)[C@@H](C)O)C(C)C)C1=O. The summed E-state index contributed by atoms with van der Waals surface area (Å²) in [4.78, 5) is 94.9. The minimum atomic E-state index is -1.42. The van der Waals surface area contributed by atoms with E-state index in [2.05, 4.69) is 16.0 Å². The number of Topliss-reactive ketones (excluding diaryl/α,β-unsaturated/α-hetero) is 1. The van der Waals surface area contributed by atoms with Crippen molar-refractivity contribution in [1.82, 2.24) is 25.8 Å². The van der Waals surface area contributed by atoms with Crippen molar-refractivity contribution < 1.29 is 43.8 Å². The molecule has 0 aliphatic carbocycles. The van der Waals surface area contributed by atoms with E-state index in [1.54, 1.807) is 26.0 Å². The van der Waals surface area contributed by atoms with Gasteiger partial charge in [-0.25, -0.2) is 0 Å². The number of aliphatic hydroxyl groups excluding tert-OH is 1. The summed E-state index contributed by atoms with van der Waals surface area (Å²) >= 11 is 0. The van der Waals surface area contributed by atoms with Crippen LogP contribution < -0.4 is 27.4 Å². The molecule has 3 rings (SSSR count). The number of carbonyl (C=O) groups excluding carboxylic acids is 7. The number of aliphatic hydroxyl groups is 1. The van der Waals surface area contributed by atoms with E-state index in [0.29, 0.717) is 18.4 Å². The third-order valence-corrected chi connectivity index (χ3v) is 9.73. The van der Waals surface area contributed by atoms with Crippen LogP contribution in [0.15, 0.2) is 24.3 Å². The van der Waals surface area contributed by atoms with Crippen LogP contribution >= 0.6 is 0 Å². The van der Waals surface area contributed by atoms with E-state index in [9.17, 15) is 43.8 Å². The molecule has 2 aliphatic heterocycles. The number of hydrogen-bond donors (Lipinski definition) is 7. The van der Waals surface area contributed by atoms with Gasteiger partial charge in [0.2, 0.25) is 35.4 Å². The lowest BCUT2D eigenvalue weighted by Gasteiger charge is -2.31. The lowest BCUT2D eigenvalue weighted by molar-refractivity contribution is -0.141. The number of aromatic hydroxyl groups is 1. The highest BCUT2D eigenvalue weighted by molar-refractivity contribution is 5.98. The van der Waals surface area contributed by atoms with E-state index in [0.717, 1.165) is 0 Å². The molecule has 9 N–H and O–H groups in total. The van der Waals surface area contributed by atoms with Gasteiger partial charge in [0.05, 0.1) is 12.1 Å². The Bertz CT molecular complexity index is 1480. The van der Waals surface area contributed by atoms with Gasteiger partial charge in [-0.05, 0) is 62.6 Å². The number of nitrogens with zero attached hydrogens (tertiary/aromatic N) is 2. The molecule has 0 aromatic heterocycles. The first-order chi connectivity index (χ1) is 24.3. The van der Waals surface area contributed by atoms with Crippen molar-refractivity contribution in [3.8, 4) is 5.75 Å². The van der Waals surface area contributed by atoms with Gasteiger partial charge in [0.25, 0.3) is 0 Å². The smallest absolute Gasteiger partial charge is 0.245 e. The minimum Gasteiger partial charge on any atom is -0.508 e. The van der Waals surface area contributed by atoms with Crippen molar-refractivity contribution in [1.29, 1.82) is 0 Å². The van der Waals surface area contributed by atoms with Crippen LogP contribution in [0.4, 0.5) is 0 Å². The highest BCUT2D eigenvalue weighted by Crippen LogP contribution is 2.24. The Morgan fingerprint density at radius 1 is 0.846 bits per heavy atom. The Hall–Kier alpha value is -4.57. The zero-order chi connectivity index (χ0) is 39.0. The summed E-state index contributed by atoms with van der Waals surface area (Å²) in [6.07, 6.45) is -0.812. The molecule has 0 bridgehead atoms. The molecule has 288 valence electrons. The number of amides is 6. The van der Waals surface area contributed by atoms with E-state index in [4.69, 9.17) is 11.5 Å². The average Bonchev–Trinajstić information content (AvgIpc) is 3.59. The van der Waals surface area contributed by atoms with Crippen molar-refractivity contribution >= 4 is 41.2 Å². The predicted octanol–water partition coefficient (Wildman–Crippen LogP) is -0.918. The van der Waals surface area contributed by atoms with E-state index >= 15 is 0 Å². The Morgan fingerprint density at radius 2 is 1.42 bits per heavy atom. The molecule has 6 amide bonds. The first kappa shape index (κ1) is 41.8. The number of primary amides is 1. The lowest BCUT2D eigenvalue weighted by Crippen LogP contribution is -2.57. The normalized spacial score (nSPS) is 21.0. The highest BCUT2D eigenvalue weighted by atomic mass is 16.3. The standard InChI is InChI=1S/C36H55N7O9/c1-18(2)15-27(33(49)39-20(5)31(38)47)43-14-12-26(36(43)52)40-32(48)24(19(3)4)17-29(46)30(21(6)44)41-34(50)28(42-13-11-25(37)35(42)51)16-22-7-9-23(45)10-8-22/h7-10,18-21,24-28,30,44-45H,11-17,37H2,1-6H3,(H2,38,47)(H,39,49)(H,40,48)(H,41,50)/t20-,21-,24-,25-,26-,27-,28-,30-/m1/s1. The molecule has 0 spiro atoms. The number of nitrogens with two attached hydrogens (primary N) is 2. The van der Waals surface area contributed by atoms with Gasteiger partial charge in [0.1, 0.15) is 36.0 Å². The molecule has 1 aromatic carbocycles. The van der Waals surface area contributed by atoms with Gasteiger partial charge in [-0.1, -0.05) is 39.8 Å². The van der Waals surface area contributed by atoms with Crippen LogP contribution in [0, 0.1) is 17.8 Å². The highest BCUT2D eigenvalue weighted by Gasteiger charge is 2.43. The molecule has 52 heavy (non-hydrogen) atoms. The van der Waals surface area contributed by atoms with Gasteiger partial charge in [-0.15, -0.1) is 0 Å². The summed E-state index contributed by atoms with van der Waals surface area (Å²) in [5, 5.41) is 28.2. The number of ketones is 1. The molecule has 0 radical (unpaired) electrons. The van der Waals surface area contributed by atoms with Crippen LogP contribution in [0.2, 0.25) is 0 Å². The first-order valence-corrected chi connectivity index (χ1v) is 17.9. The molecule has 2 fully saturated rings. The predicted molar refractivity (Wildman–Crippen MR) is 190 cm³/mol. The van der Waals surface area contributed by atoms with Crippen molar-refractivity contribution in [3.05, 3.63) is 29.8 Å². The maximum Gasteiger partial charge on any atom is 0.245 e. The van der Waals surface area contributed by atoms with Gasteiger partial charge < -0.3 is 47.4 Å². The molecule has 1 aromatic rings. The minimum absolute atomic E-state index is 0.0243. The number of rotatable bonds is 18. The maximum absolute atomic E-state index is 13.8. The number of phenols is 1. The fourth-order valence-corrected chi connectivity index (χ4v) is 6.56. The third-order valence-electron chi connectivity index (χ3n) is 9.73.